The number of halogens is 1. The third-order valence-corrected chi connectivity index (χ3v) is 4.77. The maximum atomic E-state index is 11.9. The topological polar surface area (TPSA) is 56.7 Å². The molecule has 1 atom stereocenters. The predicted octanol–water partition coefficient (Wildman–Crippen LogP) is 3.56. The first-order chi connectivity index (χ1) is 12.0. The first kappa shape index (κ1) is 22.4. The predicted molar refractivity (Wildman–Crippen MR) is 120 cm³/mol. The summed E-state index contributed by atoms with van der Waals surface area (Å²) in [5, 5.41) is 8.77. The lowest BCUT2D eigenvalue weighted by Gasteiger charge is -2.20. The van der Waals surface area contributed by atoms with E-state index in [-0.39, 0.29) is 42.5 Å². The molecule has 0 aliphatic rings. The van der Waals surface area contributed by atoms with Gasteiger partial charge in [0, 0.05) is 19.0 Å². The molecule has 0 saturated heterocycles. The van der Waals surface area contributed by atoms with Crippen LogP contribution in [0.15, 0.2) is 46.8 Å². The number of carbonyl (C=O) groups excluding carboxylic acids is 1. The van der Waals surface area contributed by atoms with Crippen molar-refractivity contribution in [2.45, 2.75) is 26.4 Å². The number of nitrogens with zero attached hydrogens (tertiary/aromatic N) is 2. The average Bonchev–Trinajstić information content (AvgIpc) is 3.10. The molecule has 0 bridgehead atoms. The molecule has 142 valence electrons. The minimum absolute atomic E-state index is 0. The molecule has 1 aromatic carbocycles. The molecule has 0 spiro atoms. The summed E-state index contributed by atoms with van der Waals surface area (Å²) in [7, 11) is 3.47. The second kappa shape index (κ2) is 11.2. The van der Waals surface area contributed by atoms with E-state index in [1.807, 2.05) is 23.6 Å². The molecule has 7 heteroatoms. The van der Waals surface area contributed by atoms with E-state index in [0.29, 0.717) is 12.5 Å². The van der Waals surface area contributed by atoms with Gasteiger partial charge in [-0.2, -0.15) is 0 Å². The van der Waals surface area contributed by atoms with Crippen molar-refractivity contribution in [3.63, 3.8) is 0 Å². The van der Waals surface area contributed by atoms with Crippen LogP contribution in [0.1, 0.15) is 29.0 Å². The van der Waals surface area contributed by atoms with Crippen LogP contribution in [-0.2, 0) is 11.3 Å². The van der Waals surface area contributed by atoms with Gasteiger partial charge in [0.15, 0.2) is 5.96 Å². The van der Waals surface area contributed by atoms with E-state index in [1.165, 1.54) is 16.0 Å². The first-order valence-electron chi connectivity index (χ1n) is 8.30. The fraction of sp³-hybridized carbons (Fsp3) is 0.368. The van der Waals surface area contributed by atoms with Gasteiger partial charge in [-0.05, 0) is 36.4 Å². The number of hydrogen-bond acceptors (Lipinski definition) is 3. The fourth-order valence-corrected chi connectivity index (χ4v) is 3.02. The lowest BCUT2D eigenvalue weighted by molar-refractivity contribution is -0.127. The first-order valence-corrected chi connectivity index (χ1v) is 9.18. The molecule has 26 heavy (non-hydrogen) atoms. The van der Waals surface area contributed by atoms with E-state index in [9.17, 15) is 4.79 Å². The van der Waals surface area contributed by atoms with E-state index < -0.39 is 0 Å². The van der Waals surface area contributed by atoms with E-state index in [1.54, 1.807) is 30.3 Å². The molecule has 2 aromatic rings. The largest absolute Gasteiger partial charge is 0.351 e. The number of aliphatic imine (C=N–C) groups is 1. The van der Waals surface area contributed by atoms with Crippen molar-refractivity contribution in [1.29, 1.82) is 0 Å². The van der Waals surface area contributed by atoms with E-state index in [0.717, 1.165) is 0 Å². The van der Waals surface area contributed by atoms with Gasteiger partial charge in [-0.3, -0.25) is 4.79 Å². The highest BCUT2D eigenvalue weighted by Gasteiger charge is 2.11. The lowest BCUT2D eigenvalue weighted by atomic mass is 10.0. The SMILES string of the molecule is Cc1ccccc1C(C)NC(=NCC(=O)N(C)C)NCc1cccs1.I. The normalized spacial score (nSPS) is 12.1. The summed E-state index contributed by atoms with van der Waals surface area (Å²) in [5.74, 6) is 0.611. The monoisotopic (exact) mass is 486 g/mol. The molecular formula is C19H27IN4OS. The Morgan fingerprint density at radius 1 is 1.23 bits per heavy atom. The summed E-state index contributed by atoms with van der Waals surface area (Å²) < 4.78 is 0. The van der Waals surface area contributed by atoms with Crippen LogP contribution in [0, 0.1) is 6.92 Å². The number of amides is 1. The fourth-order valence-electron chi connectivity index (χ4n) is 2.38. The Labute approximate surface area is 176 Å². The number of thiophene rings is 1. The Bertz CT molecular complexity index is 716. The molecule has 0 aliphatic heterocycles. The van der Waals surface area contributed by atoms with Gasteiger partial charge in [0.05, 0.1) is 12.6 Å². The number of carbonyl (C=O) groups is 1. The van der Waals surface area contributed by atoms with Gasteiger partial charge in [0.2, 0.25) is 5.91 Å². The van der Waals surface area contributed by atoms with E-state index in [4.69, 9.17) is 0 Å². The van der Waals surface area contributed by atoms with Crippen molar-refractivity contribution in [3.05, 3.63) is 57.8 Å². The highest BCUT2D eigenvalue weighted by atomic mass is 127. The Morgan fingerprint density at radius 3 is 2.58 bits per heavy atom. The Morgan fingerprint density at radius 2 is 1.96 bits per heavy atom. The number of aryl methyl sites for hydroxylation is 1. The Balaban J connectivity index is 0.00000338. The van der Waals surface area contributed by atoms with Crippen LogP contribution in [0.3, 0.4) is 0 Å². The van der Waals surface area contributed by atoms with Crippen molar-refractivity contribution in [2.75, 3.05) is 20.6 Å². The van der Waals surface area contributed by atoms with Crippen LogP contribution < -0.4 is 10.6 Å². The lowest BCUT2D eigenvalue weighted by Crippen LogP contribution is -2.39. The number of guanidine groups is 1. The maximum absolute atomic E-state index is 11.9. The number of rotatable bonds is 6. The van der Waals surface area contributed by atoms with Gasteiger partial charge in [-0.15, -0.1) is 35.3 Å². The van der Waals surface area contributed by atoms with Gasteiger partial charge in [-0.1, -0.05) is 30.3 Å². The molecule has 1 unspecified atom stereocenters. The van der Waals surface area contributed by atoms with Crippen LogP contribution >= 0.6 is 35.3 Å². The van der Waals surface area contributed by atoms with Crippen LogP contribution in [0.25, 0.3) is 0 Å². The minimum Gasteiger partial charge on any atom is -0.351 e. The van der Waals surface area contributed by atoms with Crippen LogP contribution in [-0.4, -0.2) is 37.4 Å². The smallest absolute Gasteiger partial charge is 0.243 e. The van der Waals surface area contributed by atoms with Crippen molar-refractivity contribution >= 4 is 47.2 Å². The van der Waals surface area contributed by atoms with Gasteiger partial charge >= 0.3 is 0 Å². The second-order valence-corrected chi connectivity index (χ2v) is 7.14. The van der Waals surface area contributed by atoms with Gasteiger partial charge in [0.25, 0.3) is 0 Å². The van der Waals surface area contributed by atoms with Crippen LogP contribution in [0.2, 0.25) is 0 Å². The standard InChI is InChI=1S/C19H26N4OS.HI/c1-14-8-5-6-10-17(14)15(2)22-19(21-13-18(24)23(3)4)20-12-16-9-7-11-25-16;/h5-11,15H,12-13H2,1-4H3,(H2,20,21,22);1H. The molecule has 2 N–H and O–H groups in total. The van der Waals surface area contributed by atoms with Crippen LogP contribution in [0.4, 0.5) is 0 Å². The van der Waals surface area contributed by atoms with Crippen molar-refractivity contribution in [3.8, 4) is 0 Å². The molecule has 0 saturated carbocycles. The Kier molecular flexibility index (Phi) is 9.64. The summed E-state index contributed by atoms with van der Waals surface area (Å²) in [6.07, 6.45) is 0. The molecule has 1 amide bonds. The second-order valence-electron chi connectivity index (χ2n) is 6.11. The third-order valence-electron chi connectivity index (χ3n) is 3.89. The number of nitrogens with one attached hydrogen (secondary N) is 2. The van der Waals surface area contributed by atoms with Crippen molar-refractivity contribution in [2.24, 2.45) is 4.99 Å². The summed E-state index contributed by atoms with van der Waals surface area (Å²) in [6, 6.07) is 12.5. The zero-order valence-corrected chi connectivity index (χ0v) is 18.8. The zero-order chi connectivity index (χ0) is 18.2. The van der Waals surface area contributed by atoms with E-state index in [2.05, 4.69) is 47.7 Å². The summed E-state index contributed by atoms with van der Waals surface area (Å²) in [4.78, 5) is 19.1. The minimum atomic E-state index is -0.0271. The quantitative estimate of drug-likeness (QED) is 0.373. The molecule has 2 rings (SSSR count). The van der Waals surface area contributed by atoms with E-state index >= 15 is 0 Å². The summed E-state index contributed by atoms with van der Waals surface area (Å²) in [6.45, 7) is 4.99. The van der Waals surface area contributed by atoms with Gasteiger partial charge in [0.1, 0.15) is 6.54 Å². The average molecular weight is 486 g/mol. The number of likely N-dealkylation sites (N-methyl/N-ethyl adjacent to an activating group) is 1. The zero-order valence-electron chi connectivity index (χ0n) is 15.7. The maximum Gasteiger partial charge on any atom is 0.243 e. The Hall–Kier alpha value is -1.61. The molecule has 1 heterocycles. The third kappa shape index (κ3) is 6.95. The number of benzene rings is 1. The van der Waals surface area contributed by atoms with Gasteiger partial charge in [-0.25, -0.2) is 4.99 Å². The van der Waals surface area contributed by atoms with Crippen LogP contribution in [0.5, 0.6) is 0 Å². The highest BCUT2D eigenvalue weighted by molar-refractivity contribution is 14.0. The highest BCUT2D eigenvalue weighted by Crippen LogP contribution is 2.16. The van der Waals surface area contributed by atoms with Gasteiger partial charge < -0.3 is 15.5 Å². The van der Waals surface area contributed by atoms with Crippen molar-refractivity contribution in [1.82, 2.24) is 15.5 Å². The molecular weight excluding hydrogens is 459 g/mol. The summed E-state index contributed by atoms with van der Waals surface area (Å²) in [5.41, 5.74) is 2.44. The molecule has 0 aliphatic carbocycles. The number of hydrogen-bond donors (Lipinski definition) is 2. The molecule has 0 radical (unpaired) electrons. The molecule has 0 fully saturated rings. The molecule has 1 aromatic heterocycles. The summed E-state index contributed by atoms with van der Waals surface area (Å²) >= 11 is 1.69. The molecule has 5 nitrogen and oxygen atoms in total. The van der Waals surface area contributed by atoms with Crippen molar-refractivity contribution < 1.29 is 4.79 Å².